The predicted molar refractivity (Wildman–Crippen MR) is 116 cm³/mol. The molecule has 1 aromatic heterocycles. The van der Waals surface area contributed by atoms with Crippen LogP contribution in [-0.2, 0) is 4.74 Å². The quantitative estimate of drug-likeness (QED) is 0.612. The maximum Gasteiger partial charge on any atom is 0.270 e. The molecule has 0 spiro atoms. The molecule has 1 amide bonds. The summed E-state index contributed by atoms with van der Waals surface area (Å²) in [4.78, 5) is 19.4. The van der Waals surface area contributed by atoms with Gasteiger partial charge < -0.3 is 10.1 Å². The Kier molecular flexibility index (Phi) is 6.31. The van der Waals surface area contributed by atoms with Crippen molar-refractivity contribution in [1.29, 1.82) is 0 Å². The van der Waals surface area contributed by atoms with Gasteiger partial charge in [0.15, 0.2) is 0 Å². The molecule has 150 valence electrons. The Morgan fingerprint density at radius 3 is 2.62 bits per heavy atom. The Morgan fingerprint density at radius 1 is 1.10 bits per heavy atom. The first-order chi connectivity index (χ1) is 14.1. The molecule has 1 fully saturated rings. The minimum absolute atomic E-state index is 0.0486. The highest BCUT2D eigenvalue weighted by molar-refractivity contribution is 6.34. The number of morpholine rings is 1. The molecule has 1 N–H and O–H groups in total. The number of nitrogens with one attached hydrogen (secondary N) is 1. The van der Waals surface area contributed by atoms with Gasteiger partial charge in [0.1, 0.15) is 10.8 Å². The lowest BCUT2D eigenvalue weighted by Gasteiger charge is -2.35. The van der Waals surface area contributed by atoms with E-state index in [-0.39, 0.29) is 11.9 Å². The van der Waals surface area contributed by atoms with Gasteiger partial charge in [-0.05, 0) is 23.1 Å². The zero-order valence-corrected chi connectivity index (χ0v) is 17.3. The molecule has 1 saturated heterocycles. The molecule has 0 aliphatic carbocycles. The summed E-state index contributed by atoms with van der Waals surface area (Å²) in [6, 6.07) is 17.1. The van der Waals surface area contributed by atoms with E-state index in [4.69, 9.17) is 27.9 Å². The number of ether oxygens (including phenoxy) is 1. The first-order valence-corrected chi connectivity index (χ1v) is 10.3. The first-order valence-electron chi connectivity index (χ1n) is 9.53. The second-order valence-electron chi connectivity index (χ2n) is 6.92. The third-order valence-electron chi connectivity index (χ3n) is 5.13. The van der Waals surface area contributed by atoms with Crippen LogP contribution in [0.25, 0.3) is 10.8 Å². The fourth-order valence-electron chi connectivity index (χ4n) is 3.62. The molecule has 2 aromatic carbocycles. The van der Waals surface area contributed by atoms with Gasteiger partial charge >= 0.3 is 0 Å². The van der Waals surface area contributed by atoms with E-state index in [0.717, 1.165) is 29.4 Å². The number of rotatable bonds is 5. The van der Waals surface area contributed by atoms with Crippen molar-refractivity contribution in [2.45, 2.75) is 6.04 Å². The molecule has 29 heavy (non-hydrogen) atoms. The molecule has 4 rings (SSSR count). The average Bonchev–Trinajstić information content (AvgIpc) is 2.75. The molecule has 2 heterocycles. The number of amides is 1. The number of benzene rings is 2. The number of fused-ring (bicyclic) bond motifs is 1. The third-order valence-corrected chi connectivity index (χ3v) is 5.77. The second-order valence-corrected chi connectivity index (χ2v) is 7.68. The molecule has 1 unspecified atom stereocenters. The third kappa shape index (κ3) is 4.54. The van der Waals surface area contributed by atoms with Gasteiger partial charge in [0, 0.05) is 30.0 Å². The highest BCUT2D eigenvalue weighted by atomic mass is 35.5. The van der Waals surface area contributed by atoms with Crippen LogP contribution in [0.2, 0.25) is 10.2 Å². The largest absolute Gasteiger partial charge is 0.379 e. The minimum atomic E-state index is -0.261. The van der Waals surface area contributed by atoms with E-state index >= 15 is 0 Å². The minimum Gasteiger partial charge on any atom is -0.379 e. The monoisotopic (exact) mass is 429 g/mol. The number of nitrogens with zero attached hydrogens (tertiary/aromatic N) is 2. The topological polar surface area (TPSA) is 54.5 Å². The number of carbonyl (C=O) groups excluding carboxylic acids is 1. The van der Waals surface area contributed by atoms with Crippen LogP contribution < -0.4 is 5.32 Å². The zero-order valence-electron chi connectivity index (χ0n) is 15.8. The summed E-state index contributed by atoms with van der Waals surface area (Å²) in [7, 11) is 0. The Balaban J connectivity index is 1.55. The van der Waals surface area contributed by atoms with Gasteiger partial charge in [-0.3, -0.25) is 9.69 Å². The molecule has 5 nitrogen and oxygen atoms in total. The smallest absolute Gasteiger partial charge is 0.270 e. The molecule has 0 bridgehead atoms. The fourth-order valence-corrected chi connectivity index (χ4v) is 4.15. The van der Waals surface area contributed by atoms with Gasteiger partial charge in [-0.1, -0.05) is 65.7 Å². The van der Waals surface area contributed by atoms with E-state index in [1.807, 2.05) is 48.5 Å². The van der Waals surface area contributed by atoms with Gasteiger partial charge in [0.25, 0.3) is 5.91 Å². The lowest BCUT2D eigenvalue weighted by molar-refractivity contribution is 0.0162. The van der Waals surface area contributed by atoms with Gasteiger partial charge in [0.2, 0.25) is 0 Å². The van der Waals surface area contributed by atoms with Crippen LogP contribution in [0.3, 0.4) is 0 Å². The predicted octanol–water partition coefficient (Wildman–Crippen LogP) is 4.34. The van der Waals surface area contributed by atoms with Crippen molar-refractivity contribution in [2.24, 2.45) is 0 Å². The lowest BCUT2D eigenvalue weighted by Crippen LogP contribution is -2.44. The summed E-state index contributed by atoms with van der Waals surface area (Å²) in [5.74, 6) is -0.261. The summed E-state index contributed by atoms with van der Waals surface area (Å²) in [5, 5.41) is 5.73. The number of carbonyl (C=O) groups is 1. The van der Waals surface area contributed by atoms with E-state index in [1.165, 1.54) is 0 Å². The second kappa shape index (κ2) is 9.09. The first kappa shape index (κ1) is 20.1. The van der Waals surface area contributed by atoms with Crippen LogP contribution in [0.4, 0.5) is 0 Å². The van der Waals surface area contributed by atoms with Crippen molar-refractivity contribution in [3.8, 4) is 0 Å². The molecule has 1 aliphatic rings. The standard InChI is InChI=1S/C22H21Cl2N3O2/c23-18-8-4-3-7-17(18)20(27-9-11-29-12-10-27)14-25-22(28)19-13-15-5-1-2-6-16(15)21(24)26-19/h1-8,13,20H,9-12,14H2,(H,25,28). The van der Waals surface area contributed by atoms with Crippen LogP contribution in [0.15, 0.2) is 54.6 Å². The molecule has 0 radical (unpaired) electrons. The number of pyridine rings is 1. The van der Waals surface area contributed by atoms with Gasteiger partial charge in [-0.25, -0.2) is 4.98 Å². The molecular weight excluding hydrogens is 409 g/mol. The van der Waals surface area contributed by atoms with Crippen molar-refractivity contribution in [3.05, 3.63) is 76.0 Å². The SMILES string of the molecule is O=C(NCC(c1ccccc1Cl)N1CCOCC1)c1cc2ccccc2c(Cl)n1. The summed E-state index contributed by atoms with van der Waals surface area (Å²) in [5.41, 5.74) is 1.29. The van der Waals surface area contributed by atoms with Crippen LogP contribution in [-0.4, -0.2) is 48.6 Å². The Morgan fingerprint density at radius 2 is 1.83 bits per heavy atom. The number of hydrogen-bond donors (Lipinski definition) is 1. The zero-order chi connectivity index (χ0) is 20.2. The summed E-state index contributed by atoms with van der Waals surface area (Å²) >= 11 is 12.7. The Labute approximate surface area is 179 Å². The van der Waals surface area contributed by atoms with E-state index in [9.17, 15) is 4.79 Å². The van der Waals surface area contributed by atoms with Gasteiger partial charge in [0.05, 0.1) is 19.3 Å². The van der Waals surface area contributed by atoms with E-state index in [1.54, 1.807) is 6.07 Å². The van der Waals surface area contributed by atoms with Crippen molar-refractivity contribution < 1.29 is 9.53 Å². The van der Waals surface area contributed by atoms with E-state index in [0.29, 0.717) is 35.6 Å². The van der Waals surface area contributed by atoms with Gasteiger partial charge in [-0.2, -0.15) is 0 Å². The molecule has 0 saturated carbocycles. The summed E-state index contributed by atoms with van der Waals surface area (Å²) in [6.45, 7) is 3.31. The van der Waals surface area contributed by atoms with E-state index < -0.39 is 0 Å². The van der Waals surface area contributed by atoms with Crippen LogP contribution in [0, 0.1) is 0 Å². The normalized spacial score (nSPS) is 15.9. The van der Waals surface area contributed by atoms with Crippen molar-refractivity contribution in [2.75, 3.05) is 32.8 Å². The number of halogens is 2. The molecule has 7 heteroatoms. The molecular formula is C22H21Cl2N3O2. The highest BCUT2D eigenvalue weighted by Gasteiger charge is 2.25. The Hall–Kier alpha value is -2.18. The molecule has 1 aliphatic heterocycles. The summed E-state index contributed by atoms with van der Waals surface area (Å²) < 4.78 is 5.48. The van der Waals surface area contributed by atoms with Crippen LogP contribution >= 0.6 is 23.2 Å². The number of hydrogen-bond acceptors (Lipinski definition) is 4. The van der Waals surface area contributed by atoms with Crippen molar-refractivity contribution >= 4 is 39.9 Å². The van der Waals surface area contributed by atoms with Crippen molar-refractivity contribution in [1.82, 2.24) is 15.2 Å². The highest BCUT2D eigenvalue weighted by Crippen LogP contribution is 2.28. The summed E-state index contributed by atoms with van der Waals surface area (Å²) in [6.07, 6.45) is 0. The Bertz CT molecular complexity index is 1020. The molecule has 1 atom stereocenters. The number of aromatic nitrogens is 1. The van der Waals surface area contributed by atoms with Crippen LogP contribution in [0.1, 0.15) is 22.1 Å². The fraction of sp³-hybridized carbons (Fsp3) is 0.273. The van der Waals surface area contributed by atoms with E-state index in [2.05, 4.69) is 15.2 Å². The lowest BCUT2D eigenvalue weighted by atomic mass is 10.0. The van der Waals surface area contributed by atoms with Gasteiger partial charge in [-0.15, -0.1) is 0 Å². The van der Waals surface area contributed by atoms with Crippen molar-refractivity contribution in [3.63, 3.8) is 0 Å². The average molecular weight is 430 g/mol. The maximum atomic E-state index is 12.8. The van der Waals surface area contributed by atoms with Crippen LogP contribution in [0.5, 0.6) is 0 Å². The molecule has 3 aromatic rings. The maximum absolute atomic E-state index is 12.8.